The predicted molar refractivity (Wildman–Crippen MR) is 78.1 cm³/mol. The van der Waals surface area contributed by atoms with E-state index in [4.69, 9.17) is 0 Å². The lowest BCUT2D eigenvalue weighted by Crippen LogP contribution is -2.33. The van der Waals surface area contributed by atoms with Crippen LogP contribution >= 0.6 is 15.9 Å². The van der Waals surface area contributed by atoms with Crippen LogP contribution in [0.25, 0.3) is 0 Å². The van der Waals surface area contributed by atoms with Gasteiger partial charge < -0.3 is 0 Å². The first-order chi connectivity index (χ1) is 8.22. The van der Waals surface area contributed by atoms with Crippen LogP contribution in [-0.2, 0) is 10.0 Å². The number of benzene rings is 1. The Hall–Kier alpha value is -0.390. The molecule has 0 bridgehead atoms. The molecule has 0 fully saturated rings. The van der Waals surface area contributed by atoms with Crippen LogP contribution in [0.1, 0.15) is 32.8 Å². The Kier molecular flexibility index (Phi) is 5.37. The molecule has 0 aliphatic rings. The number of halogens is 1. The van der Waals surface area contributed by atoms with Crippen molar-refractivity contribution < 1.29 is 8.42 Å². The summed E-state index contributed by atoms with van der Waals surface area (Å²) in [5, 5.41) is 0. The van der Waals surface area contributed by atoms with Crippen LogP contribution in [0, 0.1) is 12.8 Å². The van der Waals surface area contributed by atoms with Crippen molar-refractivity contribution in [3.63, 3.8) is 0 Å². The molecule has 0 heterocycles. The molecule has 1 unspecified atom stereocenters. The third kappa shape index (κ3) is 4.37. The number of sulfonamides is 1. The number of nitrogens with one attached hydrogen (secondary N) is 1. The molecule has 0 saturated carbocycles. The lowest BCUT2D eigenvalue weighted by Gasteiger charge is -2.16. The summed E-state index contributed by atoms with van der Waals surface area (Å²) in [4.78, 5) is 0.295. The Balaban J connectivity index is 2.93. The van der Waals surface area contributed by atoms with Gasteiger partial charge >= 0.3 is 0 Å². The zero-order valence-corrected chi connectivity index (χ0v) is 13.6. The monoisotopic (exact) mass is 333 g/mol. The van der Waals surface area contributed by atoms with E-state index in [0.717, 1.165) is 12.0 Å². The fourth-order valence-electron chi connectivity index (χ4n) is 1.91. The maximum Gasteiger partial charge on any atom is 0.241 e. The molecular weight excluding hydrogens is 314 g/mol. The molecule has 0 aliphatic carbocycles. The molecule has 1 aromatic carbocycles. The van der Waals surface area contributed by atoms with Gasteiger partial charge in [0.15, 0.2) is 0 Å². The van der Waals surface area contributed by atoms with Crippen LogP contribution in [0.3, 0.4) is 0 Å². The fraction of sp³-hybridized carbons (Fsp3) is 0.538. The molecule has 0 radical (unpaired) electrons. The number of hydrogen-bond acceptors (Lipinski definition) is 2. The van der Waals surface area contributed by atoms with Crippen LogP contribution in [0.2, 0.25) is 0 Å². The van der Waals surface area contributed by atoms with Gasteiger partial charge in [-0.05, 0) is 59.8 Å². The maximum absolute atomic E-state index is 12.2. The summed E-state index contributed by atoms with van der Waals surface area (Å²) >= 11 is 3.30. The standard InChI is InChI=1S/C13H20BrNO2S/c1-9(2)7-11(4)15-18(16,17)13-6-5-10(3)8-12(13)14/h5-6,8-9,11,15H,7H2,1-4H3. The average molecular weight is 334 g/mol. The van der Waals surface area contributed by atoms with E-state index in [0.29, 0.717) is 15.3 Å². The molecule has 1 aromatic rings. The molecule has 0 saturated heterocycles. The minimum atomic E-state index is -3.45. The summed E-state index contributed by atoms with van der Waals surface area (Å²) in [6.07, 6.45) is 0.822. The molecule has 0 spiro atoms. The minimum absolute atomic E-state index is 0.0665. The zero-order valence-electron chi connectivity index (χ0n) is 11.2. The molecule has 1 rings (SSSR count). The van der Waals surface area contributed by atoms with E-state index in [-0.39, 0.29) is 6.04 Å². The Morgan fingerprint density at radius 3 is 2.39 bits per heavy atom. The van der Waals surface area contributed by atoms with E-state index in [1.165, 1.54) is 0 Å². The van der Waals surface area contributed by atoms with E-state index in [2.05, 4.69) is 34.5 Å². The van der Waals surface area contributed by atoms with Gasteiger partial charge in [-0.1, -0.05) is 19.9 Å². The minimum Gasteiger partial charge on any atom is -0.208 e. The van der Waals surface area contributed by atoms with Crippen LogP contribution < -0.4 is 4.72 Å². The average Bonchev–Trinajstić information content (AvgIpc) is 2.13. The van der Waals surface area contributed by atoms with Crippen LogP contribution in [0.4, 0.5) is 0 Å². The summed E-state index contributed by atoms with van der Waals surface area (Å²) in [6.45, 7) is 7.97. The van der Waals surface area contributed by atoms with Gasteiger partial charge in [-0.15, -0.1) is 0 Å². The Morgan fingerprint density at radius 2 is 1.89 bits per heavy atom. The summed E-state index contributed by atoms with van der Waals surface area (Å²) in [5.74, 6) is 0.462. The van der Waals surface area contributed by atoms with Crippen molar-refractivity contribution in [1.29, 1.82) is 0 Å². The number of hydrogen-bond donors (Lipinski definition) is 1. The Labute approximate surface area is 118 Å². The van der Waals surface area contributed by atoms with Crippen molar-refractivity contribution in [3.8, 4) is 0 Å². The highest BCUT2D eigenvalue weighted by atomic mass is 79.9. The molecule has 1 atom stereocenters. The zero-order chi connectivity index (χ0) is 13.9. The van der Waals surface area contributed by atoms with E-state index in [1.807, 2.05) is 19.9 Å². The van der Waals surface area contributed by atoms with Crippen molar-refractivity contribution in [2.75, 3.05) is 0 Å². The van der Waals surface area contributed by atoms with Gasteiger partial charge in [0.05, 0.1) is 4.90 Å². The fourth-order valence-corrected chi connectivity index (χ4v) is 4.36. The maximum atomic E-state index is 12.2. The third-order valence-electron chi connectivity index (χ3n) is 2.56. The van der Waals surface area contributed by atoms with Crippen LogP contribution in [0.15, 0.2) is 27.6 Å². The van der Waals surface area contributed by atoms with Gasteiger partial charge in [-0.2, -0.15) is 0 Å². The van der Waals surface area contributed by atoms with Gasteiger partial charge in [-0.25, -0.2) is 13.1 Å². The van der Waals surface area contributed by atoms with Gasteiger partial charge in [0, 0.05) is 10.5 Å². The number of rotatable bonds is 5. The SMILES string of the molecule is Cc1ccc(S(=O)(=O)NC(C)CC(C)C)c(Br)c1. The van der Waals surface area contributed by atoms with Crippen molar-refractivity contribution in [3.05, 3.63) is 28.2 Å². The second kappa shape index (κ2) is 6.17. The largest absolute Gasteiger partial charge is 0.241 e. The van der Waals surface area contributed by atoms with Crippen molar-refractivity contribution in [2.45, 2.75) is 45.1 Å². The quantitative estimate of drug-likeness (QED) is 0.896. The van der Waals surface area contributed by atoms with Gasteiger partial charge in [-0.3, -0.25) is 0 Å². The summed E-state index contributed by atoms with van der Waals surface area (Å²) in [7, 11) is -3.45. The summed E-state index contributed by atoms with van der Waals surface area (Å²) in [6, 6.07) is 5.17. The third-order valence-corrected chi connectivity index (χ3v) is 5.12. The molecule has 0 amide bonds. The molecule has 102 valence electrons. The lowest BCUT2D eigenvalue weighted by atomic mass is 10.1. The second-order valence-corrected chi connectivity index (χ2v) is 7.62. The van der Waals surface area contributed by atoms with Gasteiger partial charge in [0.2, 0.25) is 10.0 Å². The molecule has 18 heavy (non-hydrogen) atoms. The molecule has 3 nitrogen and oxygen atoms in total. The Morgan fingerprint density at radius 1 is 1.28 bits per heavy atom. The van der Waals surface area contributed by atoms with E-state index in [1.54, 1.807) is 12.1 Å². The first-order valence-electron chi connectivity index (χ1n) is 6.01. The highest BCUT2D eigenvalue weighted by Gasteiger charge is 2.20. The highest BCUT2D eigenvalue weighted by molar-refractivity contribution is 9.10. The predicted octanol–water partition coefficient (Wildman–Crippen LogP) is 3.47. The Bertz CT molecular complexity index is 512. The normalized spacial score (nSPS) is 13.9. The van der Waals surface area contributed by atoms with Crippen molar-refractivity contribution in [2.24, 2.45) is 5.92 Å². The van der Waals surface area contributed by atoms with E-state index >= 15 is 0 Å². The first kappa shape index (κ1) is 15.7. The second-order valence-electron chi connectivity index (χ2n) is 5.09. The topological polar surface area (TPSA) is 46.2 Å². The molecule has 0 aromatic heterocycles. The van der Waals surface area contributed by atoms with Gasteiger partial charge in [0.25, 0.3) is 0 Å². The van der Waals surface area contributed by atoms with Crippen LogP contribution in [0.5, 0.6) is 0 Å². The molecule has 0 aliphatic heterocycles. The summed E-state index contributed by atoms with van der Waals surface area (Å²) in [5.41, 5.74) is 1.02. The van der Waals surface area contributed by atoms with E-state index in [9.17, 15) is 8.42 Å². The summed E-state index contributed by atoms with van der Waals surface area (Å²) < 4.78 is 27.7. The molecular formula is C13H20BrNO2S. The molecule has 5 heteroatoms. The van der Waals surface area contributed by atoms with E-state index < -0.39 is 10.0 Å². The number of aryl methyl sites for hydroxylation is 1. The highest BCUT2D eigenvalue weighted by Crippen LogP contribution is 2.23. The smallest absolute Gasteiger partial charge is 0.208 e. The van der Waals surface area contributed by atoms with Crippen LogP contribution in [-0.4, -0.2) is 14.5 Å². The van der Waals surface area contributed by atoms with Crippen molar-refractivity contribution in [1.82, 2.24) is 4.72 Å². The molecule has 1 N–H and O–H groups in total. The van der Waals surface area contributed by atoms with Crippen molar-refractivity contribution >= 4 is 26.0 Å². The first-order valence-corrected chi connectivity index (χ1v) is 8.28. The lowest BCUT2D eigenvalue weighted by molar-refractivity contribution is 0.482. The van der Waals surface area contributed by atoms with Gasteiger partial charge in [0.1, 0.15) is 0 Å².